The van der Waals surface area contributed by atoms with E-state index in [-0.39, 0.29) is 39.4 Å². The summed E-state index contributed by atoms with van der Waals surface area (Å²) in [6.45, 7) is 3.39. The zero-order chi connectivity index (χ0) is 30.9. The second kappa shape index (κ2) is 12.4. The first-order valence-electron chi connectivity index (χ1n) is 13.1. The molecule has 42 heavy (non-hydrogen) atoms. The molecule has 0 aliphatic rings. The minimum Gasteiger partial charge on any atom is -0.337 e. The van der Waals surface area contributed by atoms with E-state index in [1.54, 1.807) is 42.3 Å². The van der Waals surface area contributed by atoms with Gasteiger partial charge in [-0.05, 0) is 54.1 Å². The Bertz CT molecular complexity index is 1760. The second-order valence-corrected chi connectivity index (χ2v) is 14.5. The Morgan fingerprint density at radius 2 is 1.43 bits per heavy atom. The minimum absolute atomic E-state index is 0.0102. The van der Waals surface area contributed by atoms with E-state index in [9.17, 15) is 27.6 Å². The molecule has 0 radical (unpaired) electrons. The van der Waals surface area contributed by atoms with Crippen LogP contribution < -0.4 is 4.31 Å². The highest BCUT2D eigenvalue weighted by atomic mass is 35.5. The average Bonchev–Trinajstić information content (AvgIpc) is 2.94. The third-order valence-corrected chi connectivity index (χ3v) is 11.7. The van der Waals surface area contributed by atoms with Gasteiger partial charge in [-0.1, -0.05) is 91.6 Å². The highest BCUT2D eigenvalue weighted by Gasteiger charge is 2.54. The largest absolute Gasteiger partial charge is 0.351 e. The standard InChI is InChI=1S/C30H31Cl2N2O6PS/c1-4-30(5-2,41(36,37)38)34(42(39,40)24-18-22(31)17-23(32)19-24)28-16-10-13-25-26(28)14-9-15-27(25)29(35)33(3)20-21-11-7-6-8-12-21/h6-19H,4-5,20H2,1-3H3,(H2,36,37,38). The molecule has 0 heterocycles. The van der Waals surface area contributed by atoms with Crippen LogP contribution in [0.25, 0.3) is 10.8 Å². The number of amides is 1. The molecule has 0 saturated heterocycles. The zero-order valence-corrected chi connectivity index (χ0v) is 26.5. The van der Waals surface area contributed by atoms with Crippen molar-refractivity contribution in [3.63, 3.8) is 0 Å². The van der Waals surface area contributed by atoms with E-state index in [1.165, 1.54) is 38.1 Å². The maximum absolute atomic E-state index is 14.4. The Morgan fingerprint density at radius 3 is 2.00 bits per heavy atom. The number of halogens is 2. The smallest absolute Gasteiger partial charge is 0.337 e. The number of fused-ring (bicyclic) bond motifs is 1. The van der Waals surface area contributed by atoms with Gasteiger partial charge in [0.05, 0.1) is 10.6 Å². The number of rotatable bonds is 10. The van der Waals surface area contributed by atoms with Crippen LogP contribution in [0.4, 0.5) is 5.69 Å². The van der Waals surface area contributed by atoms with Gasteiger partial charge in [-0.2, -0.15) is 0 Å². The number of hydrogen-bond donors (Lipinski definition) is 2. The third-order valence-electron chi connectivity index (χ3n) is 7.38. The summed E-state index contributed by atoms with van der Waals surface area (Å²) in [7, 11) is -8.12. The van der Waals surface area contributed by atoms with Crippen LogP contribution in [0.15, 0.2) is 89.8 Å². The van der Waals surface area contributed by atoms with Crippen LogP contribution in [0.3, 0.4) is 0 Å². The van der Waals surface area contributed by atoms with E-state index < -0.39 is 22.9 Å². The molecule has 8 nitrogen and oxygen atoms in total. The summed E-state index contributed by atoms with van der Waals surface area (Å²) in [5.41, 5.74) is 1.26. The molecular weight excluding hydrogens is 618 g/mol. The Morgan fingerprint density at radius 1 is 0.857 bits per heavy atom. The zero-order valence-electron chi connectivity index (χ0n) is 23.2. The first-order chi connectivity index (χ1) is 19.8. The minimum atomic E-state index is -5.13. The number of hydrogen-bond acceptors (Lipinski definition) is 4. The van der Waals surface area contributed by atoms with Crippen molar-refractivity contribution in [2.75, 3.05) is 11.4 Å². The maximum atomic E-state index is 14.4. The summed E-state index contributed by atoms with van der Waals surface area (Å²) < 4.78 is 42.8. The van der Waals surface area contributed by atoms with Crippen molar-refractivity contribution < 1.29 is 27.6 Å². The summed E-state index contributed by atoms with van der Waals surface area (Å²) >= 11 is 12.3. The third kappa shape index (κ3) is 5.95. The number of sulfonamides is 1. The molecule has 0 fully saturated rings. The Balaban J connectivity index is 1.98. The van der Waals surface area contributed by atoms with Gasteiger partial charge in [-0.15, -0.1) is 0 Å². The van der Waals surface area contributed by atoms with E-state index >= 15 is 0 Å². The quantitative estimate of drug-likeness (QED) is 0.174. The van der Waals surface area contributed by atoms with Crippen molar-refractivity contribution in [3.8, 4) is 0 Å². The number of benzene rings is 4. The van der Waals surface area contributed by atoms with Crippen LogP contribution in [0, 0.1) is 0 Å². The Hall–Kier alpha value is -2.91. The molecule has 4 aromatic rings. The number of carbonyl (C=O) groups is 1. The van der Waals surface area contributed by atoms with Crippen molar-refractivity contribution in [2.45, 2.75) is 43.4 Å². The molecule has 0 spiro atoms. The predicted molar refractivity (Wildman–Crippen MR) is 168 cm³/mol. The molecule has 4 aromatic carbocycles. The summed E-state index contributed by atoms with van der Waals surface area (Å²) in [5.74, 6) is -0.301. The molecule has 0 atom stereocenters. The first-order valence-corrected chi connectivity index (χ1v) is 17.0. The van der Waals surface area contributed by atoms with Crippen molar-refractivity contribution in [1.82, 2.24) is 4.90 Å². The number of nitrogens with zero attached hydrogens (tertiary/aromatic N) is 2. The van der Waals surface area contributed by atoms with E-state index in [0.717, 1.165) is 9.87 Å². The molecule has 0 aliphatic heterocycles. The van der Waals surface area contributed by atoms with Gasteiger partial charge in [0.15, 0.2) is 5.28 Å². The van der Waals surface area contributed by atoms with Crippen LogP contribution in [0.1, 0.15) is 42.6 Å². The van der Waals surface area contributed by atoms with Gasteiger partial charge in [0, 0.05) is 34.6 Å². The Labute approximate surface area is 255 Å². The lowest BCUT2D eigenvalue weighted by atomic mass is 10.0. The van der Waals surface area contributed by atoms with E-state index in [0.29, 0.717) is 22.9 Å². The van der Waals surface area contributed by atoms with Crippen molar-refractivity contribution in [2.24, 2.45) is 0 Å². The number of anilines is 1. The molecule has 0 unspecified atom stereocenters. The lowest BCUT2D eigenvalue weighted by Gasteiger charge is -2.43. The van der Waals surface area contributed by atoms with Crippen LogP contribution in [0.2, 0.25) is 10.0 Å². The highest BCUT2D eigenvalue weighted by Crippen LogP contribution is 2.59. The van der Waals surface area contributed by atoms with Crippen molar-refractivity contribution >= 4 is 63.2 Å². The summed E-state index contributed by atoms with van der Waals surface area (Å²) in [6.07, 6.45) is -0.424. The van der Waals surface area contributed by atoms with E-state index in [1.807, 2.05) is 30.3 Å². The van der Waals surface area contributed by atoms with Crippen LogP contribution in [0.5, 0.6) is 0 Å². The van der Waals surface area contributed by atoms with Gasteiger partial charge < -0.3 is 14.7 Å². The van der Waals surface area contributed by atoms with Crippen LogP contribution >= 0.6 is 30.8 Å². The second-order valence-electron chi connectivity index (χ2n) is 9.93. The lowest BCUT2D eigenvalue weighted by Crippen LogP contribution is -2.51. The molecule has 0 saturated carbocycles. The summed E-state index contributed by atoms with van der Waals surface area (Å²) in [4.78, 5) is 36.3. The van der Waals surface area contributed by atoms with Crippen LogP contribution in [-0.2, 0) is 21.1 Å². The molecule has 1 amide bonds. The highest BCUT2D eigenvalue weighted by molar-refractivity contribution is 7.93. The first kappa shape index (κ1) is 32.0. The average molecular weight is 650 g/mol. The Kier molecular flexibility index (Phi) is 9.43. The van der Waals surface area contributed by atoms with E-state index in [2.05, 4.69) is 0 Å². The molecule has 222 valence electrons. The molecule has 12 heteroatoms. The molecule has 0 aliphatic carbocycles. The summed E-state index contributed by atoms with van der Waals surface area (Å²) in [6, 6.07) is 22.8. The van der Waals surface area contributed by atoms with Crippen molar-refractivity contribution in [3.05, 3.63) is 106 Å². The number of carbonyl (C=O) groups excluding carboxylic acids is 1. The van der Waals surface area contributed by atoms with Gasteiger partial charge >= 0.3 is 7.60 Å². The SMILES string of the molecule is CCC(CC)(N(c1cccc2c(C(=O)N(C)Cc3ccccc3)cccc12)S(=O)(=O)c1cc(Cl)cc(Cl)c1)P(=O)(O)O. The normalized spacial score (nSPS) is 12.4. The van der Waals surface area contributed by atoms with Crippen molar-refractivity contribution in [1.29, 1.82) is 0 Å². The fraction of sp³-hybridized carbons (Fsp3) is 0.233. The monoisotopic (exact) mass is 648 g/mol. The van der Waals surface area contributed by atoms with E-state index in [4.69, 9.17) is 23.2 Å². The molecule has 4 rings (SSSR count). The molecule has 2 N–H and O–H groups in total. The molecular formula is C30H31Cl2N2O6PS. The van der Waals surface area contributed by atoms with Gasteiger partial charge in [0.25, 0.3) is 15.9 Å². The van der Waals surface area contributed by atoms with Gasteiger partial charge in [0.2, 0.25) is 0 Å². The molecule has 0 aromatic heterocycles. The van der Waals surface area contributed by atoms with Gasteiger partial charge in [-0.25, -0.2) is 12.7 Å². The summed E-state index contributed by atoms with van der Waals surface area (Å²) in [5, 5.41) is -1.31. The fourth-order valence-corrected chi connectivity index (χ4v) is 9.57. The molecule has 0 bridgehead atoms. The lowest BCUT2D eigenvalue weighted by molar-refractivity contribution is 0.0787. The van der Waals surface area contributed by atoms with Gasteiger partial charge in [-0.3, -0.25) is 9.36 Å². The maximum Gasteiger partial charge on any atom is 0.351 e. The topological polar surface area (TPSA) is 115 Å². The van der Waals surface area contributed by atoms with Crippen LogP contribution in [-0.4, -0.2) is 41.3 Å². The fourth-order valence-electron chi connectivity index (χ4n) is 5.22. The van der Waals surface area contributed by atoms with Gasteiger partial charge in [0.1, 0.15) is 0 Å². The predicted octanol–water partition coefficient (Wildman–Crippen LogP) is 7.31.